The molecule has 0 unspecified atom stereocenters. The Morgan fingerprint density at radius 3 is 2.42 bits per heavy atom. The van der Waals surface area contributed by atoms with Crippen LogP contribution < -0.4 is 4.72 Å². The SMILES string of the molecule is CC(C)(C)C(=O)NS(=O)(=O)Cc1ccc(F)c(Cl)c1. The summed E-state index contributed by atoms with van der Waals surface area (Å²) in [7, 11) is -3.83. The summed E-state index contributed by atoms with van der Waals surface area (Å²) in [6, 6.07) is 3.61. The molecule has 0 spiro atoms. The van der Waals surface area contributed by atoms with Crippen molar-refractivity contribution in [3.8, 4) is 0 Å². The predicted octanol–water partition coefficient (Wildman–Crippen LogP) is 2.47. The lowest BCUT2D eigenvalue weighted by atomic mass is 9.96. The standard InChI is InChI=1S/C12H15ClFNO3S/c1-12(2,3)11(16)15-19(17,18)7-8-4-5-10(14)9(13)6-8/h4-6H,7H2,1-3H3,(H,15,16). The van der Waals surface area contributed by atoms with Crippen molar-refractivity contribution in [2.45, 2.75) is 26.5 Å². The molecule has 0 atom stereocenters. The van der Waals surface area contributed by atoms with E-state index >= 15 is 0 Å². The van der Waals surface area contributed by atoms with Gasteiger partial charge in [0.25, 0.3) is 0 Å². The molecule has 1 aromatic carbocycles. The average Bonchev–Trinajstić information content (AvgIpc) is 2.21. The Kier molecular flexibility index (Phi) is 4.58. The van der Waals surface area contributed by atoms with E-state index in [4.69, 9.17) is 11.6 Å². The molecule has 1 aromatic rings. The molecular formula is C12H15ClFNO3S. The van der Waals surface area contributed by atoms with Crippen molar-refractivity contribution >= 4 is 27.5 Å². The third kappa shape index (κ3) is 4.80. The van der Waals surface area contributed by atoms with Gasteiger partial charge in [-0.25, -0.2) is 12.8 Å². The second-order valence-corrected chi connectivity index (χ2v) is 7.32. The van der Waals surface area contributed by atoms with Gasteiger partial charge >= 0.3 is 0 Å². The number of halogens is 2. The molecule has 0 radical (unpaired) electrons. The molecule has 0 heterocycles. The number of carbonyl (C=O) groups excluding carboxylic acids is 1. The molecule has 0 bridgehead atoms. The fourth-order valence-corrected chi connectivity index (χ4v) is 2.66. The first-order valence-corrected chi connectivity index (χ1v) is 7.53. The molecule has 0 aromatic heterocycles. The Morgan fingerprint density at radius 2 is 1.95 bits per heavy atom. The second-order valence-electron chi connectivity index (χ2n) is 5.19. The molecule has 19 heavy (non-hydrogen) atoms. The molecule has 0 saturated heterocycles. The molecule has 1 rings (SSSR count). The normalized spacial score (nSPS) is 12.3. The van der Waals surface area contributed by atoms with Crippen LogP contribution in [-0.4, -0.2) is 14.3 Å². The van der Waals surface area contributed by atoms with Gasteiger partial charge in [0, 0.05) is 5.41 Å². The summed E-state index contributed by atoms with van der Waals surface area (Å²) in [5, 5.41) is -0.158. The highest BCUT2D eigenvalue weighted by molar-refractivity contribution is 7.89. The summed E-state index contributed by atoms with van der Waals surface area (Å²) in [5.41, 5.74) is -0.506. The Balaban J connectivity index is 2.86. The molecule has 0 aliphatic heterocycles. The van der Waals surface area contributed by atoms with Crippen molar-refractivity contribution in [2.24, 2.45) is 5.41 Å². The van der Waals surface area contributed by atoms with E-state index in [-0.39, 0.29) is 5.02 Å². The molecular weight excluding hydrogens is 293 g/mol. The van der Waals surface area contributed by atoms with Crippen LogP contribution in [0, 0.1) is 11.2 Å². The number of rotatable bonds is 3. The highest BCUT2D eigenvalue weighted by atomic mass is 35.5. The first kappa shape index (κ1) is 15.9. The summed E-state index contributed by atoms with van der Waals surface area (Å²) in [5.74, 6) is -1.66. The Morgan fingerprint density at radius 1 is 1.37 bits per heavy atom. The minimum Gasteiger partial charge on any atom is -0.273 e. The minimum atomic E-state index is -3.83. The smallest absolute Gasteiger partial charge is 0.239 e. The first-order valence-electron chi connectivity index (χ1n) is 5.50. The molecule has 0 aliphatic carbocycles. The highest BCUT2D eigenvalue weighted by Crippen LogP contribution is 2.18. The zero-order chi connectivity index (χ0) is 14.8. The number of benzene rings is 1. The summed E-state index contributed by atoms with van der Waals surface area (Å²) in [4.78, 5) is 11.6. The van der Waals surface area contributed by atoms with Gasteiger partial charge in [0.2, 0.25) is 15.9 Å². The number of nitrogens with one attached hydrogen (secondary N) is 1. The second kappa shape index (κ2) is 5.46. The summed E-state index contributed by atoms with van der Waals surface area (Å²) >= 11 is 5.56. The molecule has 0 fully saturated rings. The van der Waals surface area contributed by atoms with Crippen molar-refractivity contribution in [1.82, 2.24) is 4.72 Å². The van der Waals surface area contributed by atoms with E-state index < -0.39 is 32.9 Å². The topological polar surface area (TPSA) is 63.2 Å². The molecule has 4 nitrogen and oxygen atoms in total. The van der Waals surface area contributed by atoms with E-state index in [0.717, 1.165) is 6.07 Å². The number of sulfonamides is 1. The fourth-order valence-electron chi connectivity index (χ4n) is 1.18. The fraction of sp³-hybridized carbons (Fsp3) is 0.417. The summed E-state index contributed by atoms with van der Waals surface area (Å²) in [6.45, 7) is 4.81. The zero-order valence-corrected chi connectivity index (χ0v) is 12.4. The monoisotopic (exact) mass is 307 g/mol. The molecule has 7 heteroatoms. The minimum absolute atomic E-state index is 0.158. The van der Waals surface area contributed by atoms with Gasteiger partial charge in [-0.1, -0.05) is 38.4 Å². The van der Waals surface area contributed by atoms with Crippen LogP contribution in [0.5, 0.6) is 0 Å². The van der Waals surface area contributed by atoms with Gasteiger partial charge in [-0.3, -0.25) is 9.52 Å². The lowest BCUT2D eigenvalue weighted by Crippen LogP contribution is -2.39. The highest BCUT2D eigenvalue weighted by Gasteiger charge is 2.26. The molecule has 106 valence electrons. The lowest BCUT2D eigenvalue weighted by molar-refractivity contribution is -0.126. The van der Waals surface area contributed by atoms with E-state index in [2.05, 4.69) is 0 Å². The van der Waals surface area contributed by atoms with Crippen LogP contribution in [-0.2, 0) is 20.6 Å². The van der Waals surface area contributed by atoms with Crippen LogP contribution in [0.25, 0.3) is 0 Å². The third-order valence-electron chi connectivity index (χ3n) is 2.27. The predicted molar refractivity (Wildman–Crippen MR) is 71.6 cm³/mol. The van der Waals surface area contributed by atoms with Crippen LogP contribution >= 0.6 is 11.6 Å². The zero-order valence-electron chi connectivity index (χ0n) is 10.8. The van der Waals surface area contributed by atoms with Crippen molar-refractivity contribution in [3.63, 3.8) is 0 Å². The molecule has 1 N–H and O–H groups in total. The Labute approximate surface area is 117 Å². The van der Waals surface area contributed by atoms with Crippen LogP contribution in [0.2, 0.25) is 5.02 Å². The lowest BCUT2D eigenvalue weighted by Gasteiger charge is -2.17. The summed E-state index contributed by atoms with van der Waals surface area (Å²) < 4.78 is 38.5. The van der Waals surface area contributed by atoms with Crippen molar-refractivity contribution in [2.75, 3.05) is 0 Å². The van der Waals surface area contributed by atoms with E-state index in [1.165, 1.54) is 12.1 Å². The largest absolute Gasteiger partial charge is 0.273 e. The van der Waals surface area contributed by atoms with Crippen LogP contribution in [0.15, 0.2) is 18.2 Å². The van der Waals surface area contributed by atoms with Crippen molar-refractivity contribution in [3.05, 3.63) is 34.6 Å². The number of hydrogen-bond donors (Lipinski definition) is 1. The van der Waals surface area contributed by atoms with E-state index in [9.17, 15) is 17.6 Å². The van der Waals surface area contributed by atoms with Gasteiger partial charge < -0.3 is 0 Å². The van der Waals surface area contributed by atoms with E-state index in [1.807, 2.05) is 4.72 Å². The van der Waals surface area contributed by atoms with Gasteiger partial charge in [-0.15, -0.1) is 0 Å². The van der Waals surface area contributed by atoms with Gasteiger partial charge in [0.05, 0.1) is 10.8 Å². The van der Waals surface area contributed by atoms with E-state index in [1.54, 1.807) is 20.8 Å². The molecule has 0 saturated carbocycles. The van der Waals surface area contributed by atoms with Gasteiger partial charge in [-0.2, -0.15) is 0 Å². The quantitative estimate of drug-likeness (QED) is 0.933. The van der Waals surface area contributed by atoms with Crippen molar-refractivity contribution < 1.29 is 17.6 Å². The maximum absolute atomic E-state index is 12.9. The number of hydrogen-bond acceptors (Lipinski definition) is 3. The number of amides is 1. The van der Waals surface area contributed by atoms with Crippen LogP contribution in [0.4, 0.5) is 4.39 Å². The molecule has 1 amide bonds. The van der Waals surface area contributed by atoms with Crippen molar-refractivity contribution in [1.29, 1.82) is 0 Å². The summed E-state index contributed by atoms with van der Waals surface area (Å²) in [6.07, 6.45) is 0. The van der Waals surface area contributed by atoms with Gasteiger partial charge in [0.1, 0.15) is 5.82 Å². The maximum atomic E-state index is 12.9. The average molecular weight is 308 g/mol. The number of carbonyl (C=O) groups is 1. The molecule has 0 aliphatic rings. The Bertz CT molecular complexity index is 593. The van der Waals surface area contributed by atoms with Gasteiger partial charge in [0.15, 0.2) is 0 Å². The Hall–Kier alpha value is -1.14. The van der Waals surface area contributed by atoms with Crippen LogP contribution in [0.3, 0.4) is 0 Å². The van der Waals surface area contributed by atoms with E-state index in [0.29, 0.717) is 5.56 Å². The third-order valence-corrected chi connectivity index (χ3v) is 3.77. The van der Waals surface area contributed by atoms with Gasteiger partial charge in [-0.05, 0) is 17.7 Å². The first-order chi connectivity index (χ1) is 8.51. The maximum Gasteiger partial charge on any atom is 0.239 e. The van der Waals surface area contributed by atoms with Crippen LogP contribution in [0.1, 0.15) is 26.3 Å².